The van der Waals surface area contributed by atoms with Gasteiger partial charge < -0.3 is 5.73 Å². The molecular formula is C25H21BFN. The number of hydrogen-bond acceptors (Lipinski definition) is 1. The van der Waals surface area contributed by atoms with Crippen LogP contribution in [-0.2, 0) is 0 Å². The van der Waals surface area contributed by atoms with Crippen LogP contribution >= 0.6 is 0 Å². The summed E-state index contributed by atoms with van der Waals surface area (Å²) < 4.78 is 14.8. The molecule has 0 aromatic heterocycles. The highest BCUT2D eigenvalue weighted by molar-refractivity contribution is 6.32. The minimum atomic E-state index is -0.213. The minimum absolute atomic E-state index is 0.213. The molecule has 0 aliphatic heterocycles. The monoisotopic (exact) mass is 365 g/mol. The summed E-state index contributed by atoms with van der Waals surface area (Å²) in [6.07, 6.45) is 0. The van der Waals surface area contributed by atoms with Gasteiger partial charge in [0.05, 0.1) is 0 Å². The van der Waals surface area contributed by atoms with Crippen LogP contribution in [0.4, 0.5) is 10.1 Å². The highest BCUT2D eigenvalue weighted by Crippen LogP contribution is 2.31. The number of aryl methyl sites for hydroxylation is 1. The van der Waals surface area contributed by atoms with Gasteiger partial charge in [-0.05, 0) is 58.5 Å². The Bertz CT molecular complexity index is 1130. The van der Waals surface area contributed by atoms with Crippen molar-refractivity contribution in [2.24, 2.45) is 0 Å². The van der Waals surface area contributed by atoms with Crippen LogP contribution in [0.3, 0.4) is 0 Å². The quantitative estimate of drug-likeness (QED) is 0.402. The van der Waals surface area contributed by atoms with Gasteiger partial charge in [0.2, 0.25) is 0 Å². The van der Waals surface area contributed by atoms with E-state index in [4.69, 9.17) is 5.73 Å². The fourth-order valence-corrected chi connectivity index (χ4v) is 3.51. The molecule has 2 N–H and O–H groups in total. The zero-order valence-electron chi connectivity index (χ0n) is 16.0. The Morgan fingerprint density at radius 1 is 0.643 bits per heavy atom. The standard InChI is InChI=1S/C25H21BFN/c1-16-14-22(28)11-13-23(16)18-2-4-19(5-3-18)24-12-8-20(15-25(24)27)17-6-9-21(26)10-7-17/h2-15H,26,28H2,1H3. The molecule has 4 aromatic rings. The van der Waals surface area contributed by atoms with Crippen LogP contribution in [-0.4, -0.2) is 7.85 Å². The second-order valence-electron chi connectivity index (χ2n) is 7.21. The summed E-state index contributed by atoms with van der Waals surface area (Å²) >= 11 is 0. The van der Waals surface area contributed by atoms with Gasteiger partial charge in [0.25, 0.3) is 0 Å². The predicted molar refractivity (Wildman–Crippen MR) is 120 cm³/mol. The molecule has 0 fully saturated rings. The van der Waals surface area contributed by atoms with Crippen molar-refractivity contribution >= 4 is 19.0 Å². The molecule has 3 heteroatoms. The molecule has 4 aromatic carbocycles. The van der Waals surface area contributed by atoms with E-state index in [2.05, 4.69) is 0 Å². The number of halogens is 1. The molecule has 0 unspecified atom stereocenters. The molecule has 0 bridgehead atoms. The van der Waals surface area contributed by atoms with Crippen molar-refractivity contribution in [3.8, 4) is 33.4 Å². The summed E-state index contributed by atoms with van der Waals surface area (Å²) in [5.74, 6) is -0.213. The van der Waals surface area contributed by atoms with Crippen LogP contribution in [0, 0.1) is 12.7 Å². The normalized spacial score (nSPS) is 10.8. The molecule has 28 heavy (non-hydrogen) atoms. The van der Waals surface area contributed by atoms with E-state index in [1.54, 1.807) is 6.07 Å². The van der Waals surface area contributed by atoms with Gasteiger partial charge in [0, 0.05) is 11.3 Å². The number of hydrogen-bond donors (Lipinski definition) is 1. The SMILES string of the molecule is Bc1ccc(-c2ccc(-c3ccc(-c4ccc(N)cc4C)cc3)c(F)c2)cc1. The average Bonchev–Trinajstić information content (AvgIpc) is 2.69. The maximum atomic E-state index is 14.8. The number of nitrogens with two attached hydrogens (primary N) is 1. The Morgan fingerprint density at radius 2 is 1.18 bits per heavy atom. The largest absolute Gasteiger partial charge is 0.399 e. The molecule has 136 valence electrons. The molecule has 1 nitrogen and oxygen atoms in total. The fraction of sp³-hybridized carbons (Fsp3) is 0.0400. The smallest absolute Gasteiger partial charge is 0.139 e. The molecular weight excluding hydrogens is 344 g/mol. The lowest BCUT2D eigenvalue weighted by Gasteiger charge is -2.10. The van der Waals surface area contributed by atoms with Crippen LogP contribution in [0.2, 0.25) is 0 Å². The van der Waals surface area contributed by atoms with Crippen LogP contribution < -0.4 is 11.2 Å². The topological polar surface area (TPSA) is 26.0 Å². The van der Waals surface area contributed by atoms with E-state index in [1.165, 1.54) is 5.46 Å². The second kappa shape index (κ2) is 7.36. The van der Waals surface area contributed by atoms with E-state index >= 15 is 0 Å². The maximum Gasteiger partial charge on any atom is 0.139 e. The Morgan fingerprint density at radius 3 is 1.79 bits per heavy atom. The highest BCUT2D eigenvalue weighted by Gasteiger charge is 2.09. The van der Waals surface area contributed by atoms with E-state index in [9.17, 15) is 4.39 Å². The van der Waals surface area contributed by atoms with Crippen LogP contribution in [0.5, 0.6) is 0 Å². The van der Waals surface area contributed by atoms with E-state index in [-0.39, 0.29) is 5.82 Å². The number of nitrogen functional groups attached to an aromatic ring is 1. The van der Waals surface area contributed by atoms with Crippen molar-refractivity contribution < 1.29 is 4.39 Å². The molecule has 0 spiro atoms. The first-order valence-corrected chi connectivity index (χ1v) is 9.35. The van der Waals surface area contributed by atoms with Crippen molar-refractivity contribution in [3.63, 3.8) is 0 Å². The average molecular weight is 365 g/mol. The lowest BCUT2D eigenvalue weighted by Crippen LogP contribution is -1.99. The summed E-state index contributed by atoms with van der Waals surface area (Å²) in [4.78, 5) is 0. The van der Waals surface area contributed by atoms with Crippen LogP contribution in [0.15, 0.2) is 84.9 Å². The molecule has 0 atom stereocenters. The third-order valence-electron chi connectivity index (χ3n) is 5.11. The van der Waals surface area contributed by atoms with Gasteiger partial charge in [-0.25, -0.2) is 4.39 Å². The third kappa shape index (κ3) is 3.56. The Kier molecular flexibility index (Phi) is 4.74. The molecule has 0 aliphatic rings. The highest BCUT2D eigenvalue weighted by atomic mass is 19.1. The molecule has 0 aliphatic carbocycles. The number of anilines is 1. The van der Waals surface area contributed by atoms with Crippen molar-refractivity contribution in [1.82, 2.24) is 0 Å². The summed E-state index contributed by atoms with van der Waals surface area (Å²) in [6.45, 7) is 2.04. The zero-order valence-corrected chi connectivity index (χ0v) is 16.0. The molecule has 0 saturated heterocycles. The first kappa shape index (κ1) is 18.1. The lowest BCUT2D eigenvalue weighted by atomic mass is 9.93. The van der Waals surface area contributed by atoms with Gasteiger partial charge in [0.15, 0.2) is 0 Å². The molecule has 0 radical (unpaired) electrons. The second-order valence-corrected chi connectivity index (χ2v) is 7.21. The molecule has 0 heterocycles. The van der Waals surface area contributed by atoms with Gasteiger partial charge in [-0.1, -0.05) is 72.2 Å². The van der Waals surface area contributed by atoms with Crippen molar-refractivity contribution in [2.75, 3.05) is 5.73 Å². The van der Waals surface area contributed by atoms with Crippen LogP contribution in [0.25, 0.3) is 33.4 Å². The summed E-state index contributed by atoms with van der Waals surface area (Å²) in [5, 5.41) is 0. The van der Waals surface area contributed by atoms with Gasteiger partial charge >= 0.3 is 0 Å². The van der Waals surface area contributed by atoms with Gasteiger partial charge in [-0.15, -0.1) is 0 Å². The van der Waals surface area contributed by atoms with Gasteiger partial charge in [-0.3, -0.25) is 0 Å². The van der Waals surface area contributed by atoms with E-state index in [0.29, 0.717) is 5.56 Å². The van der Waals surface area contributed by atoms with Crippen molar-refractivity contribution in [3.05, 3.63) is 96.3 Å². The van der Waals surface area contributed by atoms with Crippen molar-refractivity contribution in [2.45, 2.75) is 6.92 Å². The number of rotatable bonds is 3. The van der Waals surface area contributed by atoms with Gasteiger partial charge in [-0.2, -0.15) is 0 Å². The fourth-order valence-electron chi connectivity index (χ4n) is 3.51. The van der Waals surface area contributed by atoms with Crippen molar-refractivity contribution in [1.29, 1.82) is 0 Å². The third-order valence-corrected chi connectivity index (χ3v) is 5.11. The van der Waals surface area contributed by atoms with E-state index in [1.807, 2.05) is 93.6 Å². The lowest BCUT2D eigenvalue weighted by molar-refractivity contribution is 0.632. The van der Waals surface area contributed by atoms with E-state index in [0.717, 1.165) is 39.1 Å². The summed E-state index contributed by atoms with van der Waals surface area (Å²) in [6, 6.07) is 27.4. The zero-order chi connectivity index (χ0) is 19.7. The Labute approximate surface area is 166 Å². The first-order chi connectivity index (χ1) is 13.5. The summed E-state index contributed by atoms with van der Waals surface area (Å²) in [7, 11) is 2.04. The Balaban J connectivity index is 1.65. The molecule has 4 rings (SSSR count). The molecule has 0 saturated carbocycles. The van der Waals surface area contributed by atoms with Crippen LogP contribution in [0.1, 0.15) is 5.56 Å². The van der Waals surface area contributed by atoms with E-state index < -0.39 is 0 Å². The maximum absolute atomic E-state index is 14.8. The number of benzene rings is 4. The minimum Gasteiger partial charge on any atom is -0.399 e. The Hall–Kier alpha value is -3.33. The van der Waals surface area contributed by atoms with Gasteiger partial charge in [0.1, 0.15) is 13.7 Å². The summed E-state index contributed by atoms with van der Waals surface area (Å²) in [5.41, 5.74) is 14.5. The predicted octanol–water partition coefficient (Wildman–Crippen LogP) is 4.98. The molecule has 0 amide bonds. The first-order valence-electron chi connectivity index (χ1n) is 9.35.